The molecule has 0 fully saturated rings. The molecule has 1 atom stereocenters. The molecule has 8 heteroatoms. The van der Waals surface area contributed by atoms with E-state index in [-0.39, 0.29) is 23.6 Å². The summed E-state index contributed by atoms with van der Waals surface area (Å²) in [6.45, 7) is 11.1. The molecule has 8 nitrogen and oxygen atoms in total. The Morgan fingerprint density at radius 3 is 2.53 bits per heavy atom. The number of hydrogen-bond donors (Lipinski definition) is 2. The van der Waals surface area contributed by atoms with E-state index < -0.39 is 5.97 Å². The number of esters is 1. The number of aromatic nitrogens is 2. The molecule has 0 aromatic carbocycles. The first-order chi connectivity index (χ1) is 15.2. The van der Waals surface area contributed by atoms with Gasteiger partial charge in [-0.3, -0.25) is 4.79 Å². The number of nitrogens with one attached hydrogen (secondary N) is 2. The van der Waals surface area contributed by atoms with E-state index in [0.717, 1.165) is 12.1 Å². The minimum atomic E-state index is -0.533. The van der Waals surface area contributed by atoms with E-state index in [1.165, 1.54) is 19.6 Å². The number of carbonyl (C=O) groups excluding carboxylic acids is 2. The van der Waals surface area contributed by atoms with Gasteiger partial charge in [0.05, 0.1) is 36.5 Å². The molecule has 0 aliphatic rings. The number of hydrogen-bond acceptors (Lipinski definition) is 6. The fraction of sp³-hybridized carbons (Fsp3) is 0.458. The first-order valence-electron chi connectivity index (χ1n) is 10.9. The zero-order chi connectivity index (χ0) is 23.4. The van der Waals surface area contributed by atoms with E-state index in [4.69, 9.17) is 9.15 Å². The minimum Gasteiger partial charge on any atom is -0.472 e. The van der Waals surface area contributed by atoms with Crippen LogP contribution in [0.15, 0.2) is 35.3 Å². The normalized spacial score (nSPS) is 12.4. The molecule has 0 aliphatic carbocycles. The van der Waals surface area contributed by atoms with Crippen LogP contribution in [0.25, 0.3) is 11.0 Å². The fourth-order valence-corrected chi connectivity index (χ4v) is 3.91. The van der Waals surface area contributed by atoms with E-state index >= 15 is 0 Å². The molecule has 0 spiro atoms. The maximum Gasteiger partial charge on any atom is 0.356 e. The zero-order valence-electron chi connectivity index (χ0n) is 19.6. The molecule has 0 saturated heterocycles. The Labute approximate surface area is 188 Å². The molecule has 3 aromatic heterocycles. The largest absolute Gasteiger partial charge is 0.472 e. The summed E-state index contributed by atoms with van der Waals surface area (Å²) in [4.78, 5) is 30.3. The summed E-state index contributed by atoms with van der Waals surface area (Å²) in [6.07, 6.45) is 5.56. The van der Waals surface area contributed by atoms with Crippen LogP contribution in [0.1, 0.15) is 61.9 Å². The molecule has 2 N–H and O–H groups in total. The molecule has 3 heterocycles. The molecular weight excluding hydrogens is 408 g/mol. The van der Waals surface area contributed by atoms with Crippen LogP contribution in [0.2, 0.25) is 0 Å². The highest BCUT2D eigenvalue weighted by Crippen LogP contribution is 2.34. The highest BCUT2D eigenvalue weighted by molar-refractivity contribution is 6.14. The third kappa shape index (κ3) is 5.12. The van der Waals surface area contributed by atoms with Gasteiger partial charge in [-0.1, -0.05) is 27.7 Å². The number of nitrogens with zero attached hydrogens (tertiary/aromatic N) is 2. The second kappa shape index (κ2) is 9.89. The monoisotopic (exact) mass is 440 g/mol. The SMILES string of the molecule is COC(=O)c1c(NC(=O)c2ccoc2)c2cc(NC(C)CC(C)C)cnc2n1CC(C)C. The second-order valence-corrected chi connectivity index (χ2v) is 8.96. The quantitative estimate of drug-likeness (QED) is 0.445. The van der Waals surface area contributed by atoms with Crippen molar-refractivity contribution in [2.24, 2.45) is 11.8 Å². The number of ether oxygens (including phenoxy) is 1. The molecule has 0 bridgehead atoms. The first-order valence-corrected chi connectivity index (χ1v) is 10.9. The van der Waals surface area contributed by atoms with Gasteiger partial charge >= 0.3 is 5.97 Å². The lowest BCUT2D eigenvalue weighted by Gasteiger charge is -2.17. The summed E-state index contributed by atoms with van der Waals surface area (Å²) >= 11 is 0. The zero-order valence-corrected chi connectivity index (χ0v) is 19.6. The number of amides is 1. The highest BCUT2D eigenvalue weighted by Gasteiger charge is 2.27. The Hall–Kier alpha value is -3.29. The summed E-state index contributed by atoms with van der Waals surface area (Å²) in [5, 5.41) is 7.03. The van der Waals surface area contributed by atoms with Crippen molar-refractivity contribution >= 4 is 34.3 Å². The molecule has 172 valence electrons. The van der Waals surface area contributed by atoms with E-state index in [1.807, 2.05) is 10.6 Å². The number of furan rings is 1. The maximum absolute atomic E-state index is 12.8. The lowest BCUT2D eigenvalue weighted by Crippen LogP contribution is -2.18. The van der Waals surface area contributed by atoms with Gasteiger partial charge in [0.25, 0.3) is 5.91 Å². The van der Waals surface area contributed by atoms with Crippen molar-refractivity contribution in [1.29, 1.82) is 0 Å². The Bertz CT molecular complexity index is 1080. The molecule has 1 unspecified atom stereocenters. The smallest absolute Gasteiger partial charge is 0.356 e. The van der Waals surface area contributed by atoms with Crippen molar-refractivity contribution in [3.63, 3.8) is 0 Å². The van der Waals surface area contributed by atoms with Gasteiger partial charge in [0.2, 0.25) is 0 Å². The maximum atomic E-state index is 12.8. The van der Waals surface area contributed by atoms with Crippen LogP contribution in [0, 0.1) is 11.8 Å². The number of anilines is 2. The molecule has 1 amide bonds. The molecular formula is C24H32N4O4. The summed E-state index contributed by atoms with van der Waals surface area (Å²) in [5.74, 6) is -0.109. The average molecular weight is 441 g/mol. The van der Waals surface area contributed by atoms with Crippen molar-refractivity contribution in [2.75, 3.05) is 17.7 Å². The summed E-state index contributed by atoms with van der Waals surface area (Å²) < 4.78 is 11.9. The fourth-order valence-electron chi connectivity index (χ4n) is 3.91. The summed E-state index contributed by atoms with van der Waals surface area (Å²) in [5.41, 5.74) is 2.45. The molecule has 0 radical (unpaired) electrons. The van der Waals surface area contributed by atoms with Crippen LogP contribution >= 0.6 is 0 Å². The number of methoxy groups -OCH3 is 1. The number of pyridine rings is 1. The summed E-state index contributed by atoms with van der Waals surface area (Å²) in [7, 11) is 1.33. The van der Waals surface area contributed by atoms with Gasteiger partial charge in [-0.15, -0.1) is 0 Å². The van der Waals surface area contributed by atoms with Crippen molar-refractivity contribution in [1.82, 2.24) is 9.55 Å². The lowest BCUT2D eigenvalue weighted by molar-refractivity contribution is 0.0589. The number of rotatable bonds is 9. The number of fused-ring (bicyclic) bond motifs is 1. The Balaban J connectivity index is 2.14. The van der Waals surface area contributed by atoms with Crippen LogP contribution in [-0.2, 0) is 11.3 Å². The predicted molar refractivity (Wildman–Crippen MR) is 125 cm³/mol. The van der Waals surface area contributed by atoms with Crippen LogP contribution in [0.5, 0.6) is 0 Å². The molecule has 0 saturated carbocycles. The van der Waals surface area contributed by atoms with Crippen molar-refractivity contribution in [3.8, 4) is 0 Å². The molecule has 3 aromatic rings. The van der Waals surface area contributed by atoms with Crippen LogP contribution < -0.4 is 10.6 Å². The van der Waals surface area contributed by atoms with Gasteiger partial charge in [-0.2, -0.15) is 0 Å². The number of carbonyl (C=O) groups is 2. The van der Waals surface area contributed by atoms with Crippen molar-refractivity contribution in [2.45, 2.75) is 53.6 Å². The van der Waals surface area contributed by atoms with Gasteiger partial charge < -0.3 is 24.4 Å². The Morgan fingerprint density at radius 2 is 1.94 bits per heavy atom. The highest BCUT2D eigenvalue weighted by atomic mass is 16.5. The predicted octanol–water partition coefficient (Wildman–Crippen LogP) is 5.17. The minimum absolute atomic E-state index is 0.246. The van der Waals surface area contributed by atoms with Gasteiger partial charge in [0, 0.05) is 18.0 Å². The van der Waals surface area contributed by atoms with Gasteiger partial charge in [0.15, 0.2) is 5.69 Å². The van der Waals surface area contributed by atoms with E-state index in [9.17, 15) is 9.59 Å². The van der Waals surface area contributed by atoms with Gasteiger partial charge in [0.1, 0.15) is 11.9 Å². The van der Waals surface area contributed by atoms with E-state index in [2.05, 4.69) is 50.2 Å². The first kappa shape index (κ1) is 23.4. The standard InChI is InChI=1S/C24H32N4O4/c1-14(2)9-16(5)26-18-10-19-20(27-23(29)17-7-8-32-13-17)21(24(30)31-6)28(12-15(3)4)22(19)25-11-18/h7-8,10-11,13-16,26H,9,12H2,1-6H3,(H,27,29). The van der Waals surface area contributed by atoms with Crippen molar-refractivity contribution in [3.05, 3.63) is 42.1 Å². The molecule has 3 rings (SSSR count). The third-order valence-electron chi connectivity index (χ3n) is 5.08. The van der Waals surface area contributed by atoms with Crippen LogP contribution in [-0.4, -0.2) is 34.6 Å². The van der Waals surface area contributed by atoms with Crippen LogP contribution in [0.3, 0.4) is 0 Å². The Kier molecular flexibility index (Phi) is 7.22. The lowest BCUT2D eigenvalue weighted by atomic mass is 10.1. The van der Waals surface area contributed by atoms with E-state index in [1.54, 1.807) is 12.3 Å². The Morgan fingerprint density at radius 1 is 1.19 bits per heavy atom. The second-order valence-electron chi connectivity index (χ2n) is 8.96. The molecule has 0 aliphatic heterocycles. The topological polar surface area (TPSA) is 98.4 Å². The third-order valence-corrected chi connectivity index (χ3v) is 5.08. The van der Waals surface area contributed by atoms with Gasteiger partial charge in [-0.05, 0) is 37.3 Å². The van der Waals surface area contributed by atoms with E-state index in [0.29, 0.717) is 34.7 Å². The van der Waals surface area contributed by atoms with Crippen LogP contribution in [0.4, 0.5) is 11.4 Å². The molecule has 32 heavy (non-hydrogen) atoms. The average Bonchev–Trinajstić information content (AvgIpc) is 3.34. The summed E-state index contributed by atoms with van der Waals surface area (Å²) in [6, 6.07) is 3.74. The van der Waals surface area contributed by atoms with Crippen molar-refractivity contribution < 1.29 is 18.7 Å². The van der Waals surface area contributed by atoms with Gasteiger partial charge in [-0.25, -0.2) is 9.78 Å².